The van der Waals surface area contributed by atoms with E-state index in [9.17, 15) is 5.11 Å². The van der Waals surface area contributed by atoms with E-state index < -0.39 is 11.8 Å². The van der Waals surface area contributed by atoms with Crippen LogP contribution in [-0.2, 0) is 0 Å². The van der Waals surface area contributed by atoms with E-state index in [1.165, 1.54) is 25.7 Å². The zero-order chi connectivity index (χ0) is 16.1. The van der Waals surface area contributed by atoms with Gasteiger partial charge in [0.05, 0.1) is 11.8 Å². The third-order valence-electron chi connectivity index (χ3n) is 4.58. The van der Waals surface area contributed by atoms with Crippen LogP contribution in [0.5, 0.6) is 0 Å². The van der Waals surface area contributed by atoms with Crippen molar-refractivity contribution in [1.29, 1.82) is 0 Å². The molecular weight excluding hydrogens is 262 g/mol. The summed E-state index contributed by atoms with van der Waals surface area (Å²) in [6.45, 7) is 5.19. The Morgan fingerprint density at radius 3 is 2.14 bits per heavy atom. The summed E-state index contributed by atoms with van der Waals surface area (Å²) in [4.78, 5) is 0. The van der Waals surface area contributed by atoms with Crippen LogP contribution in [0.4, 0.5) is 0 Å². The highest BCUT2D eigenvalue weighted by Gasteiger charge is 2.28. The van der Waals surface area contributed by atoms with Crippen molar-refractivity contribution >= 4 is 0 Å². The fraction of sp³-hybridized carbons (Fsp3) is 1.00. The first-order valence-electron chi connectivity index (χ1n) is 8.93. The maximum atomic E-state index is 10.3. The molecule has 0 bridgehead atoms. The first kappa shape index (κ1) is 20.8. The minimum atomic E-state index is -0.939. The third kappa shape index (κ3) is 10.2. The van der Waals surface area contributed by atoms with E-state index in [-0.39, 0.29) is 0 Å². The van der Waals surface area contributed by atoms with Crippen LogP contribution in [-0.4, -0.2) is 23.4 Å². The maximum Gasteiger partial charge on any atom is 0.0903 e. The van der Waals surface area contributed by atoms with Crippen molar-refractivity contribution in [3.8, 4) is 0 Å². The number of nitrogens with two attached hydrogens (primary N) is 3. The SMILES string of the molecule is CCCCC(CC)CCC(O)C(N)(N)CCCCCCN. The lowest BCUT2D eigenvalue weighted by Gasteiger charge is -2.31. The van der Waals surface area contributed by atoms with E-state index >= 15 is 0 Å². The minimum Gasteiger partial charge on any atom is -0.390 e. The Labute approximate surface area is 131 Å². The highest BCUT2D eigenvalue weighted by atomic mass is 16.3. The first-order chi connectivity index (χ1) is 9.97. The third-order valence-corrected chi connectivity index (χ3v) is 4.58. The first-order valence-corrected chi connectivity index (χ1v) is 8.93. The smallest absolute Gasteiger partial charge is 0.0903 e. The van der Waals surface area contributed by atoms with Gasteiger partial charge < -0.3 is 22.3 Å². The van der Waals surface area contributed by atoms with Gasteiger partial charge in [0, 0.05) is 0 Å². The van der Waals surface area contributed by atoms with Crippen LogP contribution in [0.3, 0.4) is 0 Å². The summed E-state index contributed by atoms with van der Waals surface area (Å²) >= 11 is 0. The predicted octanol–water partition coefficient (Wildman–Crippen LogP) is 2.87. The van der Waals surface area contributed by atoms with Crippen LogP contribution >= 0.6 is 0 Å². The molecule has 0 spiro atoms. The minimum absolute atomic E-state index is 0.595. The molecule has 0 aromatic heterocycles. The van der Waals surface area contributed by atoms with Crippen molar-refractivity contribution in [1.82, 2.24) is 0 Å². The Balaban J connectivity index is 3.95. The van der Waals surface area contributed by atoms with Crippen molar-refractivity contribution in [2.45, 2.75) is 96.2 Å². The average molecular weight is 302 g/mol. The van der Waals surface area contributed by atoms with E-state index in [2.05, 4.69) is 13.8 Å². The Bertz CT molecular complexity index is 234. The second kappa shape index (κ2) is 12.4. The molecule has 2 unspecified atom stereocenters. The number of aliphatic hydroxyl groups excluding tert-OH is 1. The lowest BCUT2D eigenvalue weighted by molar-refractivity contribution is 0.0652. The van der Waals surface area contributed by atoms with Crippen LogP contribution in [0, 0.1) is 5.92 Å². The van der Waals surface area contributed by atoms with E-state index in [4.69, 9.17) is 17.2 Å². The van der Waals surface area contributed by atoms with Gasteiger partial charge in [-0.2, -0.15) is 0 Å². The molecule has 0 aliphatic rings. The molecule has 21 heavy (non-hydrogen) atoms. The normalized spacial score (nSPS) is 15.1. The topological polar surface area (TPSA) is 98.3 Å². The van der Waals surface area contributed by atoms with Crippen LogP contribution in [0.15, 0.2) is 0 Å². The van der Waals surface area contributed by atoms with Gasteiger partial charge in [0.25, 0.3) is 0 Å². The van der Waals surface area contributed by atoms with E-state index in [0.29, 0.717) is 12.3 Å². The largest absolute Gasteiger partial charge is 0.390 e. The molecule has 7 N–H and O–H groups in total. The van der Waals surface area contributed by atoms with E-state index in [1.54, 1.807) is 0 Å². The summed E-state index contributed by atoms with van der Waals surface area (Å²) in [6.07, 6.45) is 11.0. The summed E-state index contributed by atoms with van der Waals surface area (Å²) in [6, 6.07) is 0. The van der Waals surface area contributed by atoms with E-state index in [0.717, 1.165) is 45.1 Å². The maximum absolute atomic E-state index is 10.3. The van der Waals surface area contributed by atoms with Crippen molar-refractivity contribution < 1.29 is 5.11 Å². The molecule has 0 radical (unpaired) electrons. The van der Waals surface area contributed by atoms with Gasteiger partial charge in [0.1, 0.15) is 0 Å². The number of hydrogen-bond donors (Lipinski definition) is 4. The number of unbranched alkanes of at least 4 members (excludes halogenated alkanes) is 4. The summed E-state index contributed by atoms with van der Waals surface area (Å²) in [7, 11) is 0. The lowest BCUT2D eigenvalue weighted by atomic mass is 9.88. The van der Waals surface area contributed by atoms with Crippen molar-refractivity contribution in [2.24, 2.45) is 23.1 Å². The Morgan fingerprint density at radius 2 is 1.57 bits per heavy atom. The lowest BCUT2D eigenvalue weighted by Crippen LogP contribution is -2.58. The standard InChI is InChI=1S/C17H39N3O/c1-3-5-10-15(4-2)11-12-16(21)17(19,20)13-8-6-7-9-14-18/h15-16,21H,3-14,18-20H2,1-2H3. The Morgan fingerprint density at radius 1 is 0.905 bits per heavy atom. The van der Waals surface area contributed by atoms with E-state index in [1.807, 2.05) is 0 Å². The van der Waals surface area contributed by atoms with Gasteiger partial charge in [-0.05, 0) is 38.1 Å². The second-order valence-electron chi connectivity index (χ2n) is 6.57. The van der Waals surface area contributed by atoms with Gasteiger partial charge in [0.15, 0.2) is 0 Å². The van der Waals surface area contributed by atoms with Gasteiger partial charge in [-0.1, -0.05) is 58.8 Å². The molecule has 0 fully saturated rings. The molecule has 0 aromatic carbocycles. The highest BCUT2D eigenvalue weighted by molar-refractivity contribution is 4.85. The summed E-state index contributed by atoms with van der Waals surface area (Å²) in [5.41, 5.74) is 16.7. The zero-order valence-electron chi connectivity index (χ0n) is 14.3. The monoisotopic (exact) mass is 301 g/mol. The Kier molecular flexibility index (Phi) is 12.3. The second-order valence-corrected chi connectivity index (χ2v) is 6.57. The van der Waals surface area contributed by atoms with Crippen molar-refractivity contribution in [2.75, 3.05) is 6.54 Å². The molecule has 4 nitrogen and oxygen atoms in total. The fourth-order valence-electron chi connectivity index (χ4n) is 2.80. The average Bonchev–Trinajstić information content (AvgIpc) is 2.46. The van der Waals surface area contributed by atoms with Crippen molar-refractivity contribution in [3.05, 3.63) is 0 Å². The summed E-state index contributed by atoms with van der Waals surface area (Å²) in [5, 5.41) is 10.3. The van der Waals surface area contributed by atoms with Crippen LogP contribution in [0.1, 0.15) is 84.5 Å². The molecular formula is C17H39N3O. The predicted molar refractivity (Wildman–Crippen MR) is 91.8 cm³/mol. The molecule has 0 aliphatic carbocycles. The molecule has 0 rings (SSSR count). The van der Waals surface area contributed by atoms with Crippen LogP contribution in [0.25, 0.3) is 0 Å². The van der Waals surface area contributed by atoms with Gasteiger partial charge >= 0.3 is 0 Å². The number of hydrogen-bond acceptors (Lipinski definition) is 4. The molecule has 0 saturated heterocycles. The molecule has 2 atom stereocenters. The molecule has 128 valence electrons. The van der Waals surface area contributed by atoms with Gasteiger partial charge in [-0.15, -0.1) is 0 Å². The van der Waals surface area contributed by atoms with Crippen LogP contribution < -0.4 is 17.2 Å². The Hall–Kier alpha value is -0.160. The fourth-order valence-corrected chi connectivity index (χ4v) is 2.80. The van der Waals surface area contributed by atoms with Crippen LogP contribution in [0.2, 0.25) is 0 Å². The van der Waals surface area contributed by atoms with Crippen molar-refractivity contribution in [3.63, 3.8) is 0 Å². The zero-order valence-corrected chi connectivity index (χ0v) is 14.3. The number of aliphatic hydroxyl groups is 1. The molecule has 4 heteroatoms. The molecule has 0 saturated carbocycles. The van der Waals surface area contributed by atoms with Gasteiger partial charge in [-0.3, -0.25) is 0 Å². The molecule has 0 amide bonds. The summed E-state index contributed by atoms with van der Waals surface area (Å²) < 4.78 is 0. The number of rotatable bonds is 14. The van der Waals surface area contributed by atoms with Gasteiger partial charge in [-0.25, -0.2) is 0 Å². The molecule has 0 aromatic rings. The molecule has 0 aliphatic heterocycles. The summed E-state index contributed by atoms with van der Waals surface area (Å²) in [5.74, 6) is 0.694. The highest BCUT2D eigenvalue weighted by Crippen LogP contribution is 2.22. The quantitative estimate of drug-likeness (QED) is 0.293. The molecule has 0 heterocycles. The van der Waals surface area contributed by atoms with Gasteiger partial charge in [0.2, 0.25) is 0 Å².